The van der Waals surface area contributed by atoms with Crippen molar-refractivity contribution >= 4 is 13.1 Å². The van der Waals surface area contributed by atoms with Crippen molar-refractivity contribution in [1.29, 1.82) is 0 Å². The predicted molar refractivity (Wildman–Crippen MR) is 145 cm³/mol. The molecule has 0 radical (unpaired) electrons. The SMILES string of the molecule is C=C(C)CC(CO)C1OCC(c2ccc(CCCCCCC)cc2)CO1.C=C(C=O)CO.C=O.CO. The minimum atomic E-state index is -0.324. The molecule has 1 aliphatic heterocycles. The number of carbonyl (C=O) groups excluding carboxylic acids is 2. The topological polar surface area (TPSA) is 113 Å². The van der Waals surface area contributed by atoms with Gasteiger partial charge in [0.15, 0.2) is 6.29 Å². The van der Waals surface area contributed by atoms with E-state index in [1.54, 1.807) is 0 Å². The fraction of sp³-hybridized carbons (Fsp3) is 0.586. The average Bonchev–Trinajstić information content (AvgIpc) is 2.94. The first kappa shape index (κ1) is 36.0. The molecular weight excluding hydrogens is 460 g/mol. The Morgan fingerprint density at radius 3 is 2.00 bits per heavy atom. The van der Waals surface area contributed by atoms with E-state index in [1.807, 2.05) is 13.7 Å². The Morgan fingerprint density at radius 2 is 1.58 bits per heavy atom. The highest BCUT2D eigenvalue weighted by Gasteiger charge is 2.29. The maximum absolute atomic E-state index is 9.56. The second kappa shape index (κ2) is 24.5. The second-order valence-electron chi connectivity index (χ2n) is 8.68. The number of carbonyl (C=O) groups is 2. The smallest absolute Gasteiger partial charge is 0.162 e. The van der Waals surface area contributed by atoms with Crippen LogP contribution in [0.4, 0.5) is 0 Å². The molecule has 7 nitrogen and oxygen atoms in total. The van der Waals surface area contributed by atoms with Gasteiger partial charge in [-0.05, 0) is 37.3 Å². The Morgan fingerprint density at radius 1 is 1.03 bits per heavy atom. The molecule has 0 spiro atoms. The third-order valence-corrected chi connectivity index (χ3v) is 5.54. The lowest BCUT2D eigenvalue weighted by atomic mass is 9.96. The molecule has 1 aromatic rings. The Bertz CT molecular complexity index is 679. The van der Waals surface area contributed by atoms with Gasteiger partial charge >= 0.3 is 0 Å². The third kappa shape index (κ3) is 16.5. The molecule has 1 aromatic carbocycles. The Labute approximate surface area is 217 Å². The van der Waals surface area contributed by atoms with Crippen LogP contribution in [0.15, 0.2) is 48.6 Å². The summed E-state index contributed by atoms with van der Waals surface area (Å²) in [5.41, 5.74) is 3.96. The number of aliphatic hydroxyl groups excluding tert-OH is 3. The maximum Gasteiger partial charge on any atom is 0.162 e. The highest BCUT2D eigenvalue weighted by atomic mass is 16.7. The molecule has 0 aromatic heterocycles. The van der Waals surface area contributed by atoms with E-state index in [4.69, 9.17) is 24.5 Å². The van der Waals surface area contributed by atoms with Crippen LogP contribution in [0.1, 0.15) is 69.4 Å². The van der Waals surface area contributed by atoms with Crippen molar-refractivity contribution in [2.45, 2.75) is 71.0 Å². The van der Waals surface area contributed by atoms with E-state index in [0.29, 0.717) is 19.5 Å². The molecule has 1 atom stereocenters. The monoisotopic (exact) mass is 508 g/mol. The van der Waals surface area contributed by atoms with Gasteiger partial charge in [-0.2, -0.15) is 0 Å². The van der Waals surface area contributed by atoms with Crippen LogP contribution in [0.25, 0.3) is 0 Å². The summed E-state index contributed by atoms with van der Waals surface area (Å²) in [6.07, 6.45) is 8.72. The van der Waals surface area contributed by atoms with Crippen molar-refractivity contribution in [2.75, 3.05) is 33.5 Å². The molecule has 36 heavy (non-hydrogen) atoms. The molecular formula is C29H48O7. The largest absolute Gasteiger partial charge is 0.400 e. The van der Waals surface area contributed by atoms with E-state index < -0.39 is 0 Å². The van der Waals surface area contributed by atoms with Gasteiger partial charge in [0.1, 0.15) is 13.1 Å². The molecule has 206 valence electrons. The standard InChI is InChI=1S/C23H36O3.C4H6O2.CH4O.CH2O/c1-4-5-6-7-8-9-19-10-12-20(13-11-19)22-16-25-23(26-17-22)21(15-24)14-18(2)3;1-4(2-5)3-6;2*1-2/h10-13,21-24H,2,4-9,14-17H2,1,3H3;2,6H,1,3H2;2H,1H3;1H2. The summed E-state index contributed by atoms with van der Waals surface area (Å²) >= 11 is 0. The van der Waals surface area contributed by atoms with Crippen molar-refractivity contribution in [3.8, 4) is 0 Å². The quantitative estimate of drug-likeness (QED) is 0.157. The lowest BCUT2D eigenvalue weighted by Crippen LogP contribution is -2.37. The number of unbranched alkanes of at least 4 members (excludes halogenated alkanes) is 4. The van der Waals surface area contributed by atoms with Gasteiger partial charge in [0.25, 0.3) is 0 Å². The van der Waals surface area contributed by atoms with Crippen LogP contribution < -0.4 is 0 Å². The molecule has 0 bridgehead atoms. The highest BCUT2D eigenvalue weighted by Crippen LogP contribution is 2.27. The predicted octanol–water partition coefficient (Wildman–Crippen LogP) is 4.39. The number of allylic oxidation sites excluding steroid dienone is 1. The number of aryl methyl sites for hydroxylation is 1. The first-order valence-corrected chi connectivity index (χ1v) is 12.5. The summed E-state index contributed by atoms with van der Waals surface area (Å²) < 4.78 is 11.8. The molecule has 7 heteroatoms. The molecule has 1 saturated heterocycles. The minimum absolute atomic E-state index is 0.0245. The molecule has 2 rings (SSSR count). The van der Waals surface area contributed by atoms with Crippen LogP contribution in [0.2, 0.25) is 0 Å². The Kier molecular flexibility index (Phi) is 24.5. The van der Waals surface area contributed by atoms with Crippen LogP contribution in [-0.4, -0.2) is 68.2 Å². The van der Waals surface area contributed by atoms with E-state index in [1.165, 1.54) is 49.7 Å². The van der Waals surface area contributed by atoms with Gasteiger partial charge in [-0.15, -0.1) is 6.58 Å². The zero-order chi connectivity index (χ0) is 27.8. The summed E-state index contributed by atoms with van der Waals surface area (Å²) in [5, 5.41) is 24.6. The van der Waals surface area contributed by atoms with E-state index in [-0.39, 0.29) is 36.9 Å². The first-order chi connectivity index (χ1) is 17.4. The fourth-order valence-corrected chi connectivity index (χ4v) is 3.60. The van der Waals surface area contributed by atoms with Crippen LogP contribution in [0.5, 0.6) is 0 Å². The van der Waals surface area contributed by atoms with Crippen LogP contribution >= 0.6 is 0 Å². The van der Waals surface area contributed by atoms with Crippen LogP contribution in [-0.2, 0) is 25.5 Å². The van der Waals surface area contributed by atoms with Gasteiger partial charge in [0.2, 0.25) is 0 Å². The Hall–Kier alpha value is -2.16. The molecule has 1 heterocycles. The van der Waals surface area contributed by atoms with Crippen LogP contribution in [0.3, 0.4) is 0 Å². The third-order valence-electron chi connectivity index (χ3n) is 5.54. The van der Waals surface area contributed by atoms with Gasteiger partial charge in [-0.1, -0.05) is 69.0 Å². The van der Waals surface area contributed by atoms with E-state index in [9.17, 15) is 9.90 Å². The zero-order valence-corrected chi connectivity index (χ0v) is 22.5. The summed E-state index contributed by atoms with van der Waals surface area (Å²) in [5.74, 6) is 0.248. The average molecular weight is 509 g/mol. The van der Waals surface area contributed by atoms with Gasteiger partial charge < -0.3 is 29.6 Å². The van der Waals surface area contributed by atoms with Gasteiger partial charge in [0.05, 0.1) is 26.4 Å². The van der Waals surface area contributed by atoms with Crippen LogP contribution in [0, 0.1) is 5.92 Å². The lowest BCUT2D eigenvalue weighted by Gasteiger charge is -2.34. The van der Waals surface area contributed by atoms with E-state index in [0.717, 1.165) is 19.1 Å². The molecule has 1 unspecified atom stereocenters. The summed E-state index contributed by atoms with van der Waals surface area (Å²) in [7, 11) is 1.00. The summed E-state index contributed by atoms with van der Waals surface area (Å²) in [4.78, 5) is 17.5. The number of ether oxygens (including phenoxy) is 2. The van der Waals surface area contributed by atoms with Crippen molar-refractivity contribution in [3.05, 3.63) is 59.7 Å². The molecule has 3 N–H and O–H groups in total. The van der Waals surface area contributed by atoms with Crippen molar-refractivity contribution in [2.24, 2.45) is 5.92 Å². The summed E-state index contributed by atoms with van der Waals surface area (Å²) in [6.45, 7) is 14.4. The fourth-order valence-electron chi connectivity index (χ4n) is 3.60. The molecule has 0 amide bonds. The second-order valence-corrected chi connectivity index (χ2v) is 8.68. The number of hydrogen-bond donors (Lipinski definition) is 3. The minimum Gasteiger partial charge on any atom is -0.400 e. The molecule has 0 saturated carbocycles. The molecule has 1 fully saturated rings. The molecule has 1 aliphatic rings. The number of hydrogen-bond acceptors (Lipinski definition) is 7. The zero-order valence-electron chi connectivity index (χ0n) is 22.5. The van der Waals surface area contributed by atoms with Crippen molar-refractivity contribution in [3.63, 3.8) is 0 Å². The maximum atomic E-state index is 9.56. The Balaban J connectivity index is 0. The normalized spacial score (nSPS) is 17.1. The van der Waals surface area contributed by atoms with Crippen molar-refractivity contribution < 1.29 is 34.4 Å². The summed E-state index contributed by atoms with van der Waals surface area (Å²) in [6, 6.07) is 8.94. The molecule has 0 aliphatic carbocycles. The van der Waals surface area contributed by atoms with Gasteiger partial charge in [-0.3, -0.25) is 4.79 Å². The number of aldehydes is 1. The first-order valence-electron chi connectivity index (χ1n) is 12.5. The highest BCUT2D eigenvalue weighted by molar-refractivity contribution is 5.72. The number of rotatable bonds is 13. The van der Waals surface area contributed by atoms with Gasteiger partial charge in [0, 0.05) is 24.5 Å². The number of benzene rings is 1. The van der Waals surface area contributed by atoms with E-state index in [2.05, 4.69) is 44.3 Å². The van der Waals surface area contributed by atoms with E-state index >= 15 is 0 Å². The number of aliphatic hydroxyl groups is 3. The van der Waals surface area contributed by atoms with Gasteiger partial charge in [-0.25, -0.2) is 0 Å². The lowest BCUT2D eigenvalue weighted by molar-refractivity contribution is -0.217. The van der Waals surface area contributed by atoms with Crippen molar-refractivity contribution in [1.82, 2.24) is 0 Å².